The molecule has 0 radical (unpaired) electrons. The summed E-state index contributed by atoms with van der Waals surface area (Å²) in [6, 6.07) is 0.654. The van der Waals surface area contributed by atoms with E-state index in [4.69, 9.17) is 0 Å². The van der Waals surface area contributed by atoms with Crippen LogP contribution in [0, 0.1) is 0 Å². The van der Waals surface area contributed by atoms with Crippen LogP contribution in [0.5, 0.6) is 0 Å². The number of amides is 1. The lowest BCUT2D eigenvalue weighted by Gasteiger charge is -2.32. The third kappa shape index (κ3) is 7.50. The van der Waals surface area contributed by atoms with Crippen LogP contribution in [0.2, 0.25) is 0 Å². The Balaban J connectivity index is 2.03. The molecule has 5 heteroatoms. The molecule has 0 bridgehead atoms. The maximum absolute atomic E-state index is 11.7. The molecule has 0 spiro atoms. The van der Waals surface area contributed by atoms with E-state index < -0.39 is 0 Å². The lowest BCUT2D eigenvalue weighted by Crippen LogP contribution is -2.46. The highest BCUT2D eigenvalue weighted by atomic mass is 32.2. The summed E-state index contributed by atoms with van der Waals surface area (Å²) in [5.74, 6) is 1.50. The van der Waals surface area contributed by atoms with Gasteiger partial charge in [0.05, 0.1) is 6.54 Å². The lowest BCUT2D eigenvalue weighted by atomic mass is 10.0. The Morgan fingerprint density at radius 1 is 1.25 bits per heavy atom. The zero-order valence-electron chi connectivity index (χ0n) is 13.4. The number of nitrogens with zero attached hydrogens (tertiary/aromatic N) is 2. The molecule has 0 unspecified atom stereocenters. The topological polar surface area (TPSA) is 35.6 Å². The minimum atomic E-state index is 0.213. The summed E-state index contributed by atoms with van der Waals surface area (Å²) in [5.41, 5.74) is 0. The van der Waals surface area contributed by atoms with E-state index in [-0.39, 0.29) is 5.91 Å². The minimum absolute atomic E-state index is 0.213. The molecule has 1 fully saturated rings. The summed E-state index contributed by atoms with van der Waals surface area (Å²) in [6.45, 7) is 3.82. The van der Waals surface area contributed by atoms with Crippen LogP contribution in [0.25, 0.3) is 0 Å². The van der Waals surface area contributed by atoms with E-state index in [9.17, 15) is 4.79 Å². The fraction of sp³-hybridized carbons (Fsp3) is 0.933. The normalized spacial score (nSPS) is 17.4. The van der Waals surface area contributed by atoms with Gasteiger partial charge in [-0.1, -0.05) is 6.42 Å². The van der Waals surface area contributed by atoms with Gasteiger partial charge in [0.15, 0.2) is 0 Å². The van der Waals surface area contributed by atoms with Gasteiger partial charge >= 0.3 is 0 Å². The quantitative estimate of drug-likeness (QED) is 0.657. The molecule has 0 saturated carbocycles. The summed E-state index contributed by atoms with van der Waals surface area (Å²) in [4.78, 5) is 15.6. The fourth-order valence-corrected chi connectivity index (χ4v) is 2.98. The predicted octanol–water partition coefficient (Wildman–Crippen LogP) is 1.66. The van der Waals surface area contributed by atoms with Gasteiger partial charge < -0.3 is 10.2 Å². The molecule has 1 heterocycles. The van der Waals surface area contributed by atoms with Crippen molar-refractivity contribution in [2.75, 3.05) is 52.3 Å². The molecule has 0 aliphatic carbocycles. The third-order valence-corrected chi connectivity index (χ3v) is 4.60. The number of likely N-dealkylation sites (N-methyl/N-ethyl adjacent to an activating group) is 1. The van der Waals surface area contributed by atoms with Crippen LogP contribution in [0.4, 0.5) is 0 Å². The standard InChI is InChI=1S/C15H31N3OS/c1-17(2)15(19)13-18-10-7-14(8-11-18)16-9-5-4-6-12-20-3/h14,16H,4-13H2,1-3H3. The molecule has 0 aromatic heterocycles. The average Bonchev–Trinajstić information content (AvgIpc) is 2.44. The second-order valence-corrected chi connectivity index (χ2v) is 6.83. The number of unbranched alkanes of at least 4 members (excludes halogenated alkanes) is 2. The number of hydrogen-bond donors (Lipinski definition) is 1. The Bertz CT molecular complexity index is 266. The number of likely N-dealkylation sites (tertiary alicyclic amines) is 1. The molecule has 1 saturated heterocycles. The summed E-state index contributed by atoms with van der Waals surface area (Å²) >= 11 is 1.94. The second kappa shape index (κ2) is 10.5. The molecule has 1 amide bonds. The fourth-order valence-electron chi connectivity index (χ4n) is 2.48. The number of rotatable bonds is 9. The summed E-state index contributed by atoms with van der Waals surface area (Å²) in [7, 11) is 3.65. The van der Waals surface area contributed by atoms with Crippen LogP contribution in [-0.4, -0.2) is 74.0 Å². The van der Waals surface area contributed by atoms with Crippen molar-refractivity contribution >= 4 is 17.7 Å². The van der Waals surface area contributed by atoms with Crippen molar-refractivity contribution in [1.29, 1.82) is 0 Å². The van der Waals surface area contributed by atoms with E-state index >= 15 is 0 Å². The number of carbonyl (C=O) groups is 1. The zero-order valence-corrected chi connectivity index (χ0v) is 14.2. The second-order valence-electron chi connectivity index (χ2n) is 5.85. The van der Waals surface area contributed by atoms with Crippen LogP contribution in [0.1, 0.15) is 32.1 Å². The first-order valence-corrected chi connectivity index (χ1v) is 9.17. The average molecular weight is 302 g/mol. The number of carbonyl (C=O) groups excluding carboxylic acids is 1. The van der Waals surface area contributed by atoms with Gasteiger partial charge in [-0.15, -0.1) is 0 Å². The molecule has 20 heavy (non-hydrogen) atoms. The largest absolute Gasteiger partial charge is 0.348 e. The van der Waals surface area contributed by atoms with E-state index in [1.165, 1.54) is 37.9 Å². The van der Waals surface area contributed by atoms with E-state index in [1.54, 1.807) is 4.90 Å². The monoisotopic (exact) mass is 301 g/mol. The maximum Gasteiger partial charge on any atom is 0.236 e. The number of piperidine rings is 1. The number of nitrogens with one attached hydrogen (secondary N) is 1. The molecule has 1 aliphatic rings. The van der Waals surface area contributed by atoms with Crippen LogP contribution >= 0.6 is 11.8 Å². The van der Waals surface area contributed by atoms with Crippen molar-refractivity contribution in [3.05, 3.63) is 0 Å². The molecule has 0 aromatic rings. The highest BCUT2D eigenvalue weighted by Gasteiger charge is 2.20. The van der Waals surface area contributed by atoms with Gasteiger partial charge in [-0.25, -0.2) is 0 Å². The van der Waals surface area contributed by atoms with Gasteiger partial charge in [-0.3, -0.25) is 9.69 Å². The van der Waals surface area contributed by atoms with E-state index in [0.29, 0.717) is 12.6 Å². The van der Waals surface area contributed by atoms with Crippen LogP contribution in [0.3, 0.4) is 0 Å². The highest BCUT2D eigenvalue weighted by molar-refractivity contribution is 7.98. The van der Waals surface area contributed by atoms with Crippen LogP contribution < -0.4 is 5.32 Å². The maximum atomic E-state index is 11.7. The van der Waals surface area contributed by atoms with Gasteiger partial charge in [0.1, 0.15) is 0 Å². The first kappa shape index (κ1) is 17.8. The van der Waals surface area contributed by atoms with Crippen LogP contribution in [0.15, 0.2) is 0 Å². The number of thioether (sulfide) groups is 1. The Morgan fingerprint density at radius 3 is 2.55 bits per heavy atom. The van der Waals surface area contributed by atoms with E-state index in [1.807, 2.05) is 25.9 Å². The molecule has 1 aliphatic heterocycles. The molecule has 4 nitrogen and oxygen atoms in total. The van der Waals surface area contributed by atoms with Crippen molar-refractivity contribution in [2.24, 2.45) is 0 Å². The van der Waals surface area contributed by atoms with Gasteiger partial charge in [0, 0.05) is 33.2 Å². The predicted molar refractivity (Wildman–Crippen MR) is 88.4 cm³/mol. The molecule has 1 rings (SSSR count). The molecule has 0 atom stereocenters. The molecular formula is C15H31N3OS. The van der Waals surface area contributed by atoms with Gasteiger partial charge in [-0.05, 0) is 44.2 Å². The van der Waals surface area contributed by atoms with Crippen LogP contribution in [-0.2, 0) is 4.79 Å². The summed E-state index contributed by atoms with van der Waals surface area (Å²) < 4.78 is 0. The van der Waals surface area contributed by atoms with Crippen molar-refractivity contribution in [3.63, 3.8) is 0 Å². The Morgan fingerprint density at radius 2 is 1.95 bits per heavy atom. The van der Waals surface area contributed by atoms with Crippen molar-refractivity contribution in [1.82, 2.24) is 15.1 Å². The van der Waals surface area contributed by atoms with E-state index in [0.717, 1.165) is 19.6 Å². The van der Waals surface area contributed by atoms with Gasteiger partial charge in [-0.2, -0.15) is 11.8 Å². The number of hydrogen-bond acceptors (Lipinski definition) is 4. The van der Waals surface area contributed by atoms with Gasteiger partial charge in [0.25, 0.3) is 0 Å². The summed E-state index contributed by atoms with van der Waals surface area (Å²) in [6.07, 6.45) is 8.49. The Hall–Kier alpha value is -0.260. The molecule has 0 aromatic carbocycles. The summed E-state index contributed by atoms with van der Waals surface area (Å²) in [5, 5.41) is 3.67. The van der Waals surface area contributed by atoms with Gasteiger partial charge in [0.2, 0.25) is 5.91 Å². The zero-order chi connectivity index (χ0) is 14.8. The SMILES string of the molecule is CSCCCCCNC1CCN(CC(=O)N(C)C)CC1. The first-order valence-electron chi connectivity index (χ1n) is 7.78. The first-order chi connectivity index (χ1) is 9.63. The lowest BCUT2D eigenvalue weighted by molar-refractivity contribution is -0.130. The van der Waals surface area contributed by atoms with Crippen molar-refractivity contribution < 1.29 is 4.79 Å². The van der Waals surface area contributed by atoms with E-state index in [2.05, 4.69) is 16.5 Å². The molecular weight excluding hydrogens is 270 g/mol. The minimum Gasteiger partial charge on any atom is -0.348 e. The highest BCUT2D eigenvalue weighted by Crippen LogP contribution is 2.10. The van der Waals surface area contributed by atoms with Crippen molar-refractivity contribution in [3.8, 4) is 0 Å². The smallest absolute Gasteiger partial charge is 0.236 e. The molecule has 118 valence electrons. The molecule has 1 N–H and O–H groups in total. The Labute approximate surface area is 128 Å². The Kier molecular flexibility index (Phi) is 9.31. The van der Waals surface area contributed by atoms with Crippen molar-refractivity contribution in [2.45, 2.75) is 38.1 Å². The third-order valence-electron chi connectivity index (χ3n) is 3.90.